The first-order valence-electron chi connectivity index (χ1n) is 8.13. The van der Waals surface area contributed by atoms with Crippen LogP contribution < -0.4 is 9.47 Å². The maximum Gasteiger partial charge on any atom is 0.199 e. The highest BCUT2D eigenvalue weighted by molar-refractivity contribution is 7.97. The van der Waals surface area contributed by atoms with Gasteiger partial charge in [-0.2, -0.15) is 5.10 Å². The summed E-state index contributed by atoms with van der Waals surface area (Å²) in [5.41, 5.74) is 3.43. The summed E-state index contributed by atoms with van der Waals surface area (Å²) in [6, 6.07) is 14.3. The number of thioether (sulfide) groups is 1. The van der Waals surface area contributed by atoms with Gasteiger partial charge in [0.2, 0.25) is 0 Å². The van der Waals surface area contributed by atoms with Crippen molar-refractivity contribution in [2.24, 2.45) is 0 Å². The first-order valence-corrected chi connectivity index (χ1v) is 9.70. The van der Waals surface area contributed by atoms with E-state index >= 15 is 0 Å². The highest BCUT2D eigenvalue weighted by Gasteiger charge is 2.11. The van der Waals surface area contributed by atoms with Crippen LogP contribution in [-0.4, -0.2) is 29.0 Å². The van der Waals surface area contributed by atoms with Crippen LogP contribution in [0.25, 0.3) is 5.69 Å². The normalized spacial score (nSPS) is 10.7. The van der Waals surface area contributed by atoms with E-state index in [9.17, 15) is 0 Å². The van der Waals surface area contributed by atoms with Gasteiger partial charge in [-0.25, -0.2) is 0 Å². The minimum atomic E-state index is 0.547. The summed E-state index contributed by atoms with van der Waals surface area (Å²) in [5.74, 6) is 3.94. The van der Waals surface area contributed by atoms with Crippen LogP contribution in [-0.2, 0) is 11.5 Å². The highest BCUT2D eigenvalue weighted by atomic mass is 32.2. The molecule has 0 spiro atoms. The van der Waals surface area contributed by atoms with E-state index in [-0.39, 0.29) is 0 Å². The first-order chi connectivity index (χ1) is 12.6. The number of methoxy groups -OCH3 is 2. The first kappa shape index (κ1) is 18.5. The lowest BCUT2D eigenvalue weighted by Crippen LogP contribution is -2.02. The van der Waals surface area contributed by atoms with Crippen molar-refractivity contribution in [2.45, 2.75) is 18.4 Å². The van der Waals surface area contributed by atoms with Crippen molar-refractivity contribution >= 4 is 24.0 Å². The number of ether oxygens (including phenoxy) is 2. The van der Waals surface area contributed by atoms with Crippen LogP contribution in [0.5, 0.6) is 11.5 Å². The topological polar surface area (TPSA) is 52.1 Å². The van der Waals surface area contributed by atoms with Gasteiger partial charge in [-0.3, -0.25) is 9.67 Å². The van der Waals surface area contributed by atoms with Crippen LogP contribution in [0.15, 0.2) is 42.5 Å². The Bertz CT molecular complexity index is 910. The molecule has 26 heavy (non-hydrogen) atoms. The van der Waals surface area contributed by atoms with Crippen molar-refractivity contribution in [1.82, 2.24) is 14.8 Å². The van der Waals surface area contributed by atoms with Gasteiger partial charge in [-0.1, -0.05) is 29.8 Å². The van der Waals surface area contributed by atoms with Gasteiger partial charge < -0.3 is 9.47 Å². The summed E-state index contributed by atoms with van der Waals surface area (Å²) in [4.78, 5) is 0. The number of nitrogens with zero attached hydrogens (tertiary/aromatic N) is 2. The molecule has 5 nitrogen and oxygen atoms in total. The van der Waals surface area contributed by atoms with Crippen LogP contribution in [0.2, 0.25) is 0 Å². The second kappa shape index (κ2) is 8.42. The maximum atomic E-state index is 5.43. The van der Waals surface area contributed by atoms with E-state index in [1.54, 1.807) is 26.0 Å². The van der Waals surface area contributed by atoms with E-state index in [4.69, 9.17) is 21.7 Å². The zero-order chi connectivity index (χ0) is 18.5. The largest absolute Gasteiger partial charge is 0.497 e. The number of nitrogens with one attached hydrogen (secondary N) is 1. The van der Waals surface area contributed by atoms with Crippen LogP contribution >= 0.6 is 24.0 Å². The molecule has 3 aromatic rings. The molecular weight excluding hydrogens is 366 g/mol. The fraction of sp³-hybridized carbons (Fsp3) is 0.263. The van der Waals surface area contributed by atoms with E-state index < -0.39 is 0 Å². The number of rotatable bonds is 7. The quantitative estimate of drug-likeness (QED) is 0.596. The molecule has 0 bridgehead atoms. The monoisotopic (exact) mass is 387 g/mol. The van der Waals surface area contributed by atoms with E-state index in [2.05, 4.69) is 41.4 Å². The lowest BCUT2D eigenvalue weighted by molar-refractivity contribution is 0.394. The number of hydrogen-bond donors (Lipinski definition) is 1. The third kappa shape index (κ3) is 4.28. The van der Waals surface area contributed by atoms with Crippen molar-refractivity contribution in [2.75, 3.05) is 14.2 Å². The molecule has 1 N–H and O–H groups in total. The van der Waals surface area contributed by atoms with Gasteiger partial charge in [0.15, 0.2) is 4.77 Å². The Kier molecular flexibility index (Phi) is 6.00. The van der Waals surface area contributed by atoms with E-state index in [0.717, 1.165) is 23.0 Å². The molecule has 3 rings (SSSR count). The van der Waals surface area contributed by atoms with Crippen molar-refractivity contribution in [3.8, 4) is 17.2 Å². The van der Waals surface area contributed by atoms with Gasteiger partial charge in [0.25, 0.3) is 0 Å². The Morgan fingerprint density at radius 1 is 1.04 bits per heavy atom. The van der Waals surface area contributed by atoms with E-state index in [1.807, 2.05) is 22.8 Å². The van der Waals surface area contributed by atoms with Gasteiger partial charge in [0.1, 0.15) is 17.3 Å². The molecule has 7 heteroatoms. The van der Waals surface area contributed by atoms with Gasteiger partial charge in [-0.15, -0.1) is 11.8 Å². The molecular formula is C19H21N3O2S2. The molecule has 0 unspecified atom stereocenters. The summed E-state index contributed by atoms with van der Waals surface area (Å²) in [6.07, 6.45) is 0. The van der Waals surface area contributed by atoms with Gasteiger partial charge in [-0.05, 0) is 24.7 Å². The summed E-state index contributed by atoms with van der Waals surface area (Å²) in [7, 11) is 3.26. The number of aryl methyl sites for hydroxylation is 1. The third-order valence-corrected chi connectivity index (χ3v) is 5.23. The second-order valence-electron chi connectivity index (χ2n) is 5.83. The van der Waals surface area contributed by atoms with Gasteiger partial charge in [0.05, 0.1) is 25.7 Å². The molecule has 0 fully saturated rings. The molecule has 0 saturated heterocycles. The number of H-pyrrole nitrogens is 1. The molecule has 1 heterocycles. The minimum absolute atomic E-state index is 0.547. The number of aromatic nitrogens is 3. The van der Waals surface area contributed by atoms with Gasteiger partial charge >= 0.3 is 0 Å². The average molecular weight is 388 g/mol. The van der Waals surface area contributed by atoms with Crippen LogP contribution in [0, 0.1) is 11.7 Å². The van der Waals surface area contributed by atoms with Crippen LogP contribution in [0.1, 0.15) is 17.0 Å². The molecule has 0 amide bonds. The van der Waals surface area contributed by atoms with Crippen LogP contribution in [0.4, 0.5) is 0 Å². The van der Waals surface area contributed by atoms with E-state index in [0.29, 0.717) is 16.3 Å². The average Bonchev–Trinajstić information content (AvgIpc) is 3.03. The summed E-state index contributed by atoms with van der Waals surface area (Å²) in [6.45, 7) is 2.09. The molecule has 0 aliphatic heterocycles. The van der Waals surface area contributed by atoms with E-state index in [1.165, 1.54) is 11.1 Å². The number of benzene rings is 2. The predicted octanol–water partition coefficient (Wildman–Crippen LogP) is 4.69. The van der Waals surface area contributed by atoms with Crippen molar-refractivity contribution in [3.63, 3.8) is 0 Å². The molecule has 1 aromatic heterocycles. The molecule has 2 aromatic carbocycles. The fourth-order valence-corrected chi connectivity index (χ4v) is 3.72. The number of hydrogen-bond acceptors (Lipinski definition) is 5. The highest BCUT2D eigenvalue weighted by Crippen LogP contribution is 2.27. The zero-order valence-corrected chi connectivity index (χ0v) is 16.6. The second-order valence-corrected chi connectivity index (χ2v) is 7.20. The minimum Gasteiger partial charge on any atom is -0.497 e. The SMILES string of the molecule is COc1cc(OC)cc(-n2c(CSCc3ccc(C)cc3)n[nH]c2=S)c1. The molecule has 0 atom stereocenters. The molecule has 136 valence electrons. The molecule has 0 saturated carbocycles. The smallest absolute Gasteiger partial charge is 0.199 e. The fourth-order valence-electron chi connectivity index (χ4n) is 2.56. The molecule has 0 aliphatic carbocycles. The van der Waals surface area contributed by atoms with Crippen molar-refractivity contribution < 1.29 is 9.47 Å². The predicted molar refractivity (Wildman–Crippen MR) is 108 cm³/mol. The lowest BCUT2D eigenvalue weighted by atomic mass is 10.2. The standard InChI is InChI=1S/C19H21N3O2S2/c1-13-4-6-14(7-5-13)11-26-12-18-20-21-19(25)22(18)15-8-16(23-2)10-17(9-15)24-3/h4-10H,11-12H2,1-3H3,(H,21,25). The Morgan fingerprint density at radius 3 is 2.31 bits per heavy atom. The molecule has 0 aliphatic rings. The van der Waals surface area contributed by atoms with Crippen LogP contribution in [0.3, 0.4) is 0 Å². The zero-order valence-electron chi connectivity index (χ0n) is 15.0. The summed E-state index contributed by atoms with van der Waals surface area (Å²) >= 11 is 7.22. The Hall–Kier alpha value is -2.25. The molecule has 0 radical (unpaired) electrons. The third-order valence-electron chi connectivity index (χ3n) is 3.96. The maximum absolute atomic E-state index is 5.43. The Morgan fingerprint density at radius 2 is 1.69 bits per heavy atom. The number of aromatic amines is 1. The summed E-state index contributed by atoms with van der Waals surface area (Å²) < 4.78 is 13.2. The summed E-state index contributed by atoms with van der Waals surface area (Å²) in [5, 5.41) is 7.28. The van der Waals surface area contributed by atoms with Gasteiger partial charge in [0, 0.05) is 24.0 Å². The lowest BCUT2D eigenvalue weighted by Gasteiger charge is -2.11. The Labute approximate surface area is 162 Å². The Balaban J connectivity index is 1.81. The van der Waals surface area contributed by atoms with Crippen molar-refractivity contribution in [3.05, 3.63) is 64.2 Å². The van der Waals surface area contributed by atoms with Crippen molar-refractivity contribution in [1.29, 1.82) is 0 Å².